The van der Waals surface area contributed by atoms with E-state index in [1.807, 2.05) is 14.0 Å². The molecule has 124 valence electrons. The van der Waals surface area contributed by atoms with Crippen LogP contribution >= 0.6 is 12.4 Å². The van der Waals surface area contributed by atoms with E-state index in [1.165, 1.54) is 12.8 Å². The minimum Gasteiger partial charge on any atom is -0.480 e. The lowest BCUT2D eigenvalue weighted by Crippen LogP contribution is -2.47. The summed E-state index contributed by atoms with van der Waals surface area (Å²) in [5.41, 5.74) is 0. The van der Waals surface area contributed by atoms with Gasteiger partial charge in [0.2, 0.25) is 5.91 Å². The highest BCUT2D eigenvalue weighted by molar-refractivity contribution is 5.85. The number of carbonyl (C=O) groups excluding carboxylic acids is 1. The van der Waals surface area contributed by atoms with Gasteiger partial charge in [-0.3, -0.25) is 14.9 Å². The zero-order valence-electron chi connectivity index (χ0n) is 13.3. The summed E-state index contributed by atoms with van der Waals surface area (Å²) in [5.74, 6) is -0.130. The first-order valence-electron chi connectivity index (χ1n) is 7.67. The minimum absolute atomic E-state index is 0. The molecule has 0 spiro atoms. The van der Waals surface area contributed by atoms with Crippen LogP contribution in [-0.4, -0.2) is 47.6 Å². The van der Waals surface area contributed by atoms with E-state index in [2.05, 4.69) is 12.2 Å². The van der Waals surface area contributed by atoms with E-state index in [9.17, 15) is 9.59 Å². The largest absolute Gasteiger partial charge is 0.480 e. The number of hydrogen-bond acceptors (Lipinski definition) is 3. The number of carboxylic acids is 1. The maximum absolute atomic E-state index is 12.1. The van der Waals surface area contributed by atoms with Gasteiger partial charge in [-0.05, 0) is 38.0 Å². The topological polar surface area (TPSA) is 69.6 Å². The second-order valence-electron chi connectivity index (χ2n) is 5.98. The Bertz CT molecular complexity index is 331. The molecule has 6 heteroatoms. The van der Waals surface area contributed by atoms with Crippen molar-refractivity contribution in [1.82, 2.24) is 10.2 Å². The van der Waals surface area contributed by atoms with Crippen LogP contribution in [0.5, 0.6) is 0 Å². The maximum Gasteiger partial charge on any atom is 0.320 e. The molecule has 0 aromatic heterocycles. The van der Waals surface area contributed by atoms with Gasteiger partial charge in [-0.15, -0.1) is 12.4 Å². The molecule has 0 aromatic carbocycles. The van der Waals surface area contributed by atoms with Crippen LogP contribution in [0.1, 0.15) is 52.4 Å². The van der Waals surface area contributed by atoms with Crippen molar-refractivity contribution in [2.24, 2.45) is 5.92 Å². The van der Waals surface area contributed by atoms with Crippen LogP contribution in [0.3, 0.4) is 0 Å². The molecule has 0 bridgehead atoms. The first kappa shape index (κ1) is 20.2. The molecule has 0 aliphatic heterocycles. The summed E-state index contributed by atoms with van der Waals surface area (Å²) < 4.78 is 0. The molecule has 1 amide bonds. The summed E-state index contributed by atoms with van der Waals surface area (Å²) in [5, 5.41) is 11.9. The molecule has 0 aromatic rings. The lowest BCUT2D eigenvalue weighted by molar-refractivity contribution is -0.140. The van der Waals surface area contributed by atoms with Gasteiger partial charge in [0.1, 0.15) is 6.04 Å². The maximum atomic E-state index is 12.1. The number of halogens is 1. The Morgan fingerprint density at radius 3 is 2.33 bits per heavy atom. The van der Waals surface area contributed by atoms with Crippen molar-refractivity contribution in [3.63, 3.8) is 0 Å². The number of amides is 1. The predicted octanol–water partition coefficient (Wildman–Crippen LogP) is 2.29. The third-order valence-electron chi connectivity index (χ3n) is 4.30. The van der Waals surface area contributed by atoms with Gasteiger partial charge in [0.05, 0.1) is 6.54 Å². The molecular formula is C15H29ClN2O3. The fraction of sp³-hybridized carbons (Fsp3) is 0.867. The number of carboxylic acid groups (broad SMARTS) is 1. The van der Waals surface area contributed by atoms with Gasteiger partial charge in [0.25, 0.3) is 0 Å². The highest BCUT2D eigenvalue weighted by Gasteiger charge is 2.25. The van der Waals surface area contributed by atoms with E-state index in [-0.39, 0.29) is 24.9 Å². The summed E-state index contributed by atoms with van der Waals surface area (Å²) in [7, 11) is 1.83. The summed E-state index contributed by atoms with van der Waals surface area (Å²) in [4.78, 5) is 24.9. The van der Waals surface area contributed by atoms with E-state index in [0.717, 1.165) is 25.2 Å². The van der Waals surface area contributed by atoms with Crippen LogP contribution in [0.25, 0.3) is 0 Å². The van der Waals surface area contributed by atoms with Crippen LogP contribution in [-0.2, 0) is 9.59 Å². The lowest BCUT2D eigenvalue weighted by atomic mass is 9.87. The number of nitrogens with zero attached hydrogens (tertiary/aromatic N) is 1. The quantitative estimate of drug-likeness (QED) is 0.755. The van der Waals surface area contributed by atoms with Crippen molar-refractivity contribution in [1.29, 1.82) is 0 Å². The summed E-state index contributed by atoms with van der Waals surface area (Å²) >= 11 is 0. The van der Waals surface area contributed by atoms with Gasteiger partial charge in [-0.1, -0.05) is 20.3 Å². The Hall–Kier alpha value is -0.810. The minimum atomic E-state index is -0.881. The van der Waals surface area contributed by atoms with Crippen molar-refractivity contribution in [2.45, 2.75) is 64.5 Å². The van der Waals surface area contributed by atoms with E-state index < -0.39 is 12.0 Å². The zero-order chi connectivity index (χ0) is 15.1. The molecule has 1 saturated carbocycles. The Morgan fingerprint density at radius 2 is 1.86 bits per heavy atom. The van der Waals surface area contributed by atoms with Crippen LogP contribution in [0.4, 0.5) is 0 Å². The highest BCUT2D eigenvalue weighted by atomic mass is 35.5. The lowest BCUT2D eigenvalue weighted by Gasteiger charge is -2.34. The van der Waals surface area contributed by atoms with Crippen LogP contribution in [0, 0.1) is 5.92 Å². The average molecular weight is 321 g/mol. The molecule has 2 N–H and O–H groups in total. The summed E-state index contributed by atoms with van der Waals surface area (Å²) in [6.07, 6.45) is 5.79. The van der Waals surface area contributed by atoms with Crippen LogP contribution in [0.15, 0.2) is 0 Å². The molecule has 1 aliphatic rings. The van der Waals surface area contributed by atoms with Gasteiger partial charge in [0.15, 0.2) is 0 Å². The monoisotopic (exact) mass is 320 g/mol. The fourth-order valence-electron chi connectivity index (χ4n) is 2.77. The molecule has 1 unspecified atom stereocenters. The van der Waals surface area contributed by atoms with Gasteiger partial charge >= 0.3 is 5.97 Å². The Kier molecular flexibility index (Phi) is 9.62. The van der Waals surface area contributed by atoms with Gasteiger partial charge in [0, 0.05) is 13.1 Å². The smallest absolute Gasteiger partial charge is 0.320 e. The van der Waals surface area contributed by atoms with Gasteiger partial charge < -0.3 is 10.0 Å². The molecule has 0 saturated heterocycles. The molecule has 1 aliphatic carbocycles. The van der Waals surface area contributed by atoms with Crippen molar-refractivity contribution in [3.8, 4) is 0 Å². The number of nitrogens with one attached hydrogen (secondary N) is 1. The number of rotatable bonds is 7. The third kappa shape index (κ3) is 6.66. The molecule has 21 heavy (non-hydrogen) atoms. The third-order valence-corrected chi connectivity index (χ3v) is 4.30. The number of aliphatic carboxylic acids is 1. The number of likely N-dealkylation sites (N-methyl/N-ethyl adjacent to an activating group) is 1. The zero-order valence-corrected chi connectivity index (χ0v) is 14.1. The number of hydrogen-bond donors (Lipinski definition) is 2. The Morgan fingerprint density at radius 1 is 1.29 bits per heavy atom. The van der Waals surface area contributed by atoms with Gasteiger partial charge in [-0.25, -0.2) is 0 Å². The van der Waals surface area contributed by atoms with Gasteiger partial charge in [-0.2, -0.15) is 0 Å². The molecule has 0 heterocycles. The van der Waals surface area contributed by atoms with E-state index >= 15 is 0 Å². The van der Waals surface area contributed by atoms with Crippen LogP contribution < -0.4 is 5.32 Å². The highest BCUT2D eigenvalue weighted by Crippen LogP contribution is 2.26. The van der Waals surface area contributed by atoms with Crippen molar-refractivity contribution in [2.75, 3.05) is 13.6 Å². The van der Waals surface area contributed by atoms with E-state index in [1.54, 1.807) is 4.90 Å². The molecule has 1 rings (SSSR count). The molecule has 5 nitrogen and oxygen atoms in total. The van der Waals surface area contributed by atoms with Crippen molar-refractivity contribution in [3.05, 3.63) is 0 Å². The second-order valence-corrected chi connectivity index (χ2v) is 5.98. The standard InChI is InChI=1S/C15H28N2O3.ClH/c1-4-5-13(15(19)20)16-10-14(18)17(3)12-8-6-11(2)7-9-12;/h11-13,16H,4-10H2,1-3H3,(H,19,20);1H. The number of carbonyl (C=O) groups is 2. The molecule has 1 fully saturated rings. The Balaban J connectivity index is 0.00000400. The first-order valence-corrected chi connectivity index (χ1v) is 7.67. The second kappa shape index (κ2) is 10.0. The van der Waals surface area contributed by atoms with E-state index in [0.29, 0.717) is 12.5 Å². The van der Waals surface area contributed by atoms with Crippen molar-refractivity contribution >= 4 is 24.3 Å². The molecule has 1 atom stereocenters. The molecule has 0 radical (unpaired) electrons. The van der Waals surface area contributed by atoms with Crippen molar-refractivity contribution < 1.29 is 14.7 Å². The SMILES string of the molecule is CCCC(NCC(=O)N(C)C1CCC(C)CC1)C(=O)O.Cl. The molecular weight excluding hydrogens is 292 g/mol. The summed E-state index contributed by atoms with van der Waals surface area (Å²) in [6, 6.07) is -0.307. The predicted molar refractivity (Wildman–Crippen MR) is 85.8 cm³/mol. The first-order chi connectivity index (χ1) is 9.45. The average Bonchev–Trinajstić information content (AvgIpc) is 2.42. The van der Waals surface area contributed by atoms with Crippen LogP contribution in [0.2, 0.25) is 0 Å². The Labute approximate surface area is 133 Å². The normalized spacial score (nSPS) is 23.0. The van der Waals surface area contributed by atoms with E-state index in [4.69, 9.17) is 5.11 Å². The fourth-order valence-corrected chi connectivity index (χ4v) is 2.77. The summed E-state index contributed by atoms with van der Waals surface area (Å²) in [6.45, 7) is 4.30.